The van der Waals surface area contributed by atoms with E-state index in [9.17, 15) is 10.1 Å². The lowest BCUT2D eigenvalue weighted by atomic mass is 10.2. The van der Waals surface area contributed by atoms with Crippen molar-refractivity contribution in [2.24, 2.45) is 0 Å². The Hall–Kier alpha value is -2.65. The highest BCUT2D eigenvalue weighted by Crippen LogP contribution is 2.36. The number of rotatable bonds is 2. The zero-order valence-corrected chi connectivity index (χ0v) is 15.8. The first-order chi connectivity index (χ1) is 12.2. The van der Waals surface area contributed by atoms with Crippen LogP contribution in [-0.2, 0) is 17.6 Å². The first-order valence-corrected chi connectivity index (χ1v) is 8.81. The molecule has 3 N–H and O–H groups in total. The van der Waals surface area contributed by atoms with Crippen LogP contribution < -0.4 is 11.1 Å². The second kappa shape index (κ2) is 6.58. The van der Waals surface area contributed by atoms with Crippen molar-refractivity contribution in [1.29, 1.82) is 5.26 Å². The minimum Gasteiger partial charge on any atom is -0.444 e. The van der Waals surface area contributed by atoms with Crippen LogP contribution in [0.4, 0.5) is 16.2 Å². The van der Waals surface area contributed by atoms with Gasteiger partial charge in [-0.1, -0.05) is 11.6 Å². The van der Waals surface area contributed by atoms with E-state index < -0.39 is 11.7 Å². The molecule has 0 spiro atoms. The van der Waals surface area contributed by atoms with Gasteiger partial charge in [-0.2, -0.15) is 5.26 Å². The highest BCUT2D eigenvalue weighted by atomic mass is 35.5. The first kappa shape index (κ1) is 18.2. The molecule has 3 rings (SSSR count). The van der Waals surface area contributed by atoms with Crippen LogP contribution in [0, 0.1) is 11.3 Å². The number of anilines is 2. The Kier molecular flexibility index (Phi) is 4.59. The van der Waals surface area contributed by atoms with E-state index in [1.54, 1.807) is 39.0 Å². The van der Waals surface area contributed by atoms with E-state index in [1.165, 1.54) is 0 Å². The molecule has 6 nitrogen and oxygen atoms in total. The van der Waals surface area contributed by atoms with Crippen LogP contribution in [0.3, 0.4) is 0 Å². The molecule has 0 fully saturated rings. The van der Waals surface area contributed by atoms with Gasteiger partial charge in [0.2, 0.25) is 0 Å². The Bertz CT molecular complexity index is 919. The number of nitrogen functional groups attached to an aromatic ring is 1. The molecular weight excluding hydrogens is 352 g/mol. The largest absolute Gasteiger partial charge is 0.444 e. The standard InChI is InChI=1S/C19H21ClN4O2/c1-19(2,3)26-18(25)23-14-8-7-11(9-13(14)20)24-15-6-4-5-12(15)17(22)16(24)10-21/h7-9H,4-6,22H2,1-3H3,(H,23,25). The van der Waals surface area contributed by atoms with Gasteiger partial charge in [-0.3, -0.25) is 5.32 Å². The third kappa shape index (κ3) is 3.35. The van der Waals surface area contributed by atoms with Gasteiger partial charge in [-0.05, 0) is 63.8 Å². The summed E-state index contributed by atoms with van der Waals surface area (Å²) in [6.07, 6.45) is 2.20. The van der Waals surface area contributed by atoms with Crippen LogP contribution in [0.2, 0.25) is 5.02 Å². The van der Waals surface area contributed by atoms with Gasteiger partial charge in [0, 0.05) is 11.4 Å². The molecule has 1 aromatic heterocycles. The topological polar surface area (TPSA) is 93.1 Å². The first-order valence-electron chi connectivity index (χ1n) is 8.43. The summed E-state index contributed by atoms with van der Waals surface area (Å²) in [5.41, 5.74) is 9.83. The highest BCUT2D eigenvalue weighted by Gasteiger charge is 2.26. The van der Waals surface area contributed by atoms with Crippen LogP contribution >= 0.6 is 11.6 Å². The van der Waals surface area contributed by atoms with Crippen LogP contribution in [0.15, 0.2) is 18.2 Å². The van der Waals surface area contributed by atoms with Crippen molar-refractivity contribution in [3.05, 3.63) is 40.2 Å². The van der Waals surface area contributed by atoms with Crippen molar-refractivity contribution in [1.82, 2.24) is 4.57 Å². The number of carbonyl (C=O) groups is 1. The molecule has 0 saturated heterocycles. The molecule has 1 heterocycles. The maximum Gasteiger partial charge on any atom is 0.412 e. The molecule has 7 heteroatoms. The van der Waals surface area contributed by atoms with Crippen molar-refractivity contribution in [2.75, 3.05) is 11.1 Å². The summed E-state index contributed by atoms with van der Waals surface area (Å²) in [5.74, 6) is 0. The molecule has 26 heavy (non-hydrogen) atoms. The molecule has 2 aromatic rings. The quantitative estimate of drug-likeness (QED) is 0.815. The van der Waals surface area contributed by atoms with Gasteiger partial charge < -0.3 is 15.0 Å². The second-order valence-corrected chi connectivity index (χ2v) is 7.69. The van der Waals surface area contributed by atoms with Crippen molar-refractivity contribution < 1.29 is 9.53 Å². The number of nitrogens with two attached hydrogens (primary N) is 1. The number of nitrogens with zero attached hydrogens (tertiary/aromatic N) is 2. The predicted molar refractivity (Wildman–Crippen MR) is 102 cm³/mol. The molecular formula is C19H21ClN4O2. The minimum absolute atomic E-state index is 0.358. The smallest absolute Gasteiger partial charge is 0.412 e. The molecule has 0 bridgehead atoms. The number of amides is 1. The lowest BCUT2D eigenvalue weighted by Crippen LogP contribution is -2.27. The van der Waals surface area contributed by atoms with E-state index in [4.69, 9.17) is 22.1 Å². The number of nitrogens with one attached hydrogen (secondary N) is 1. The van der Waals surface area contributed by atoms with Crippen LogP contribution in [0.25, 0.3) is 5.69 Å². The summed E-state index contributed by atoms with van der Waals surface area (Å²) in [5, 5.41) is 12.5. The Morgan fingerprint density at radius 2 is 2.12 bits per heavy atom. The number of benzene rings is 1. The van der Waals surface area contributed by atoms with Gasteiger partial charge in [0.1, 0.15) is 17.4 Å². The van der Waals surface area contributed by atoms with E-state index in [1.807, 2.05) is 4.57 Å². The minimum atomic E-state index is -0.596. The van der Waals surface area contributed by atoms with Crippen LogP contribution in [-0.4, -0.2) is 16.3 Å². The highest BCUT2D eigenvalue weighted by molar-refractivity contribution is 6.33. The molecule has 1 amide bonds. The second-order valence-electron chi connectivity index (χ2n) is 7.28. The fraction of sp³-hybridized carbons (Fsp3) is 0.368. The van der Waals surface area contributed by atoms with Gasteiger partial charge in [0.05, 0.1) is 16.4 Å². The zero-order valence-electron chi connectivity index (χ0n) is 15.0. The third-order valence-electron chi connectivity index (χ3n) is 4.21. The number of hydrogen-bond donors (Lipinski definition) is 2. The number of aromatic nitrogens is 1. The average molecular weight is 373 g/mol. The van der Waals surface area contributed by atoms with E-state index >= 15 is 0 Å². The molecule has 0 atom stereocenters. The normalized spacial score (nSPS) is 13.2. The van der Waals surface area contributed by atoms with Gasteiger partial charge in [-0.25, -0.2) is 4.79 Å². The number of ether oxygens (including phenoxy) is 1. The Labute approximate surface area is 157 Å². The summed E-state index contributed by atoms with van der Waals surface area (Å²) >= 11 is 6.35. The van der Waals surface area contributed by atoms with Gasteiger partial charge in [-0.15, -0.1) is 0 Å². The Morgan fingerprint density at radius 3 is 2.73 bits per heavy atom. The lowest BCUT2D eigenvalue weighted by Gasteiger charge is -2.20. The fourth-order valence-electron chi connectivity index (χ4n) is 3.22. The maximum atomic E-state index is 11.9. The number of halogens is 1. The van der Waals surface area contributed by atoms with E-state index in [-0.39, 0.29) is 0 Å². The third-order valence-corrected chi connectivity index (χ3v) is 4.53. The summed E-state index contributed by atoms with van der Waals surface area (Å²) in [6.45, 7) is 5.37. The molecule has 1 aromatic carbocycles. The molecule has 0 aliphatic heterocycles. The van der Waals surface area contributed by atoms with Crippen molar-refractivity contribution in [2.45, 2.75) is 45.6 Å². The van der Waals surface area contributed by atoms with Gasteiger partial charge in [0.15, 0.2) is 0 Å². The van der Waals surface area contributed by atoms with E-state index in [2.05, 4.69) is 11.4 Å². The molecule has 1 aliphatic carbocycles. The average Bonchev–Trinajstić information content (AvgIpc) is 3.09. The maximum absolute atomic E-state index is 11.9. The fourth-order valence-corrected chi connectivity index (χ4v) is 3.44. The van der Waals surface area contributed by atoms with Crippen molar-refractivity contribution >= 4 is 29.1 Å². The van der Waals surface area contributed by atoms with Gasteiger partial charge >= 0.3 is 6.09 Å². The monoisotopic (exact) mass is 372 g/mol. The zero-order chi connectivity index (χ0) is 19.1. The molecule has 0 unspecified atom stereocenters. The summed E-state index contributed by atoms with van der Waals surface area (Å²) in [4.78, 5) is 11.9. The SMILES string of the molecule is CC(C)(C)OC(=O)Nc1ccc(-n2c(C#N)c(N)c3c2CCC3)cc1Cl. The Balaban J connectivity index is 1.94. The molecule has 0 saturated carbocycles. The number of nitriles is 1. The summed E-state index contributed by atoms with van der Waals surface area (Å²) < 4.78 is 7.10. The summed E-state index contributed by atoms with van der Waals surface area (Å²) in [6, 6.07) is 7.40. The number of hydrogen-bond acceptors (Lipinski definition) is 4. The van der Waals surface area contributed by atoms with Crippen molar-refractivity contribution in [3.8, 4) is 11.8 Å². The van der Waals surface area contributed by atoms with Gasteiger partial charge in [0.25, 0.3) is 0 Å². The number of fused-ring (bicyclic) bond motifs is 1. The lowest BCUT2D eigenvalue weighted by molar-refractivity contribution is 0.0636. The molecule has 136 valence electrons. The van der Waals surface area contributed by atoms with E-state index in [0.29, 0.717) is 22.1 Å². The molecule has 1 aliphatic rings. The van der Waals surface area contributed by atoms with E-state index in [0.717, 1.165) is 36.2 Å². The predicted octanol–water partition coefficient (Wildman–Crippen LogP) is 4.42. The van der Waals surface area contributed by atoms with Crippen molar-refractivity contribution in [3.63, 3.8) is 0 Å². The summed E-state index contributed by atoms with van der Waals surface area (Å²) in [7, 11) is 0. The van der Waals surface area contributed by atoms with Crippen LogP contribution in [0.1, 0.15) is 44.1 Å². The number of carbonyl (C=O) groups excluding carboxylic acids is 1. The van der Waals surface area contributed by atoms with Crippen LogP contribution in [0.5, 0.6) is 0 Å². The molecule has 0 radical (unpaired) electrons. The Morgan fingerprint density at radius 1 is 1.38 bits per heavy atom.